The molecular weight excluding hydrogens is 294 g/mol. The monoisotopic (exact) mass is 321 g/mol. The molecule has 2 atom stereocenters. The van der Waals surface area contributed by atoms with Gasteiger partial charge < -0.3 is 19.0 Å². The third-order valence-corrected chi connectivity index (χ3v) is 4.89. The normalized spacial score (nSPS) is 25.1. The third-order valence-electron chi connectivity index (χ3n) is 4.89. The zero-order valence-electron chi connectivity index (χ0n) is 14.2. The van der Waals surface area contributed by atoms with E-state index in [1.807, 2.05) is 11.8 Å². The molecule has 3 heterocycles. The topological polar surface area (TPSA) is 58.8 Å². The van der Waals surface area contributed by atoms with Gasteiger partial charge in [-0.15, -0.1) is 0 Å². The number of rotatable bonds is 6. The lowest BCUT2D eigenvalue weighted by Crippen LogP contribution is -2.41. The van der Waals surface area contributed by atoms with Crippen molar-refractivity contribution >= 4 is 5.91 Å². The molecule has 1 amide bonds. The molecule has 0 saturated carbocycles. The number of hydrogen-bond acceptors (Lipinski definition) is 5. The molecule has 0 spiro atoms. The fourth-order valence-electron chi connectivity index (χ4n) is 3.55. The van der Waals surface area contributed by atoms with Crippen LogP contribution in [0.3, 0.4) is 0 Å². The second-order valence-electron chi connectivity index (χ2n) is 6.65. The number of ether oxygens (including phenoxy) is 1. The molecule has 0 aliphatic carbocycles. The number of amides is 1. The lowest BCUT2D eigenvalue weighted by atomic mass is 10.1. The van der Waals surface area contributed by atoms with Gasteiger partial charge in [0.15, 0.2) is 0 Å². The highest BCUT2D eigenvalue weighted by atomic mass is 16.5. The first-order valence-corrected chi connectivity index (χ1v) is 8.66. The Balaban J connectivity index is 1.56. The molecule has 2 aliphatic heterocycles. The van der Waals surface area contributed by atoms with E-state index in [9.17, 15) is 4.79 Å². The predicted molar refractivity (Wildman–Crippen MR) is 85.9 cm³/mol. The highest BCUT2D eigenvalue weighted by Gasteiger charge is 2.31. The van der Waals surface area contributed by atoms with E-state index in [0.717, 1.165) is 57.9 Å². The molecule has 6 nitrogen and oxygen atoms in total. The lowest BCUT2D eigenvalue weighted by molar-refractivity contribution is -0.132. The minimum Gasteiger partial charge on any atom is -0.444 e. The summed E-state index contributed by atoms with van der Waals surface area (Å²) in [5.41, 5.74) is 0. The van der Waals surface area contributed by atoms with Gasteiger partial charge in [-0.25, -0.2) is 4.98 Å². The summed E-state index contributed by atoms with van der Waals surface area (Å²) in [5, 5.41) is 0. The number of carbonyl (C=O) groups excluding carboxylic acids is 1. The maximum Gasteiger partial charge on any atom is 0.220 e. The Kier molecular flexibility index (Phi) is 5.33. The molecule has 0 radical (unpaired) electrons. The van der Waals surface area contributed by atoms with Gasteiger partial charge in [-0.05, 0) is 18.8 Å². The van der Waals surface area contributed by atoms with Crippen LogP contribution in [0.4, 0.5) is 0 Å². The number of oxazole rings is 1. The van der Waals surface area contributed by atoms with Crippen LogP contribution in [0.15, 0.2) is 10.6 Å². The lowest BCUT2D eigenvalue weighted by Gasteiger charge is -2.27. The van der Waals surface area contributed by atoms with Gasteiger partial charge in [0.05, 0.1) is 19.3 Å². The Bertz CT molecular complexity index is 525. The first-order chi connectivity index (χ1) is 11.2. The van der Waals surface area contributed by atoms with Gasteiger partial charge in [0.2, 0.25) is 11.8 Å². The molecule has 1 aromatic rings. The van der Waals surface area contributed by atoms with Crippen molar-refractivity contribution in [1.82, 2.24) is 14.8 Å². The molecule has 128 valence electrons. The number of aryl methyl sites for hydroxylation is 1. The molecular formula is C17H27N3O3. The summed E-state index contributed by atoms with van der Waals surface area (Å²) in [6.07, 6.45) is 4.77. The molecule has 3 rings (SSSR count). The average molecular weight is 321 g/mol. The van der Waals surface area contributed by atoms with E-state index in [1.165, 1.54) is 0 Å². The quantitative estimate of drug-likeness (QED) is 0.798. The van der Waals surface area contributed by atoms with E-state index in [2.05, 4.69) is 9.88 Å². The molecule has 6 heteroatoms. The average Bonchev–Trinajstić information content (AvgIpc) is 3.26. The Labute approximate surface area is 137 Å². The number of likely N-dealkylation sites (tertiary alicyclic amines) is 1. The molecule has 1 aromatic heterocycles. The van der Waals surface area contributed by atoms with Crippen LogP contribution in [0, 0.1) is 5.92 Å². The minimum atomic E-state index is 0.0947. The molecule has 2 fully saturated rings. The van der Waals surface area contributed by atoms with Crippen molar-refractivity contribution in [2.75, 3.05) is 32.8 Å². The van der Waals surface area contributed by atoms with Crippen molar-refractivity contribution in [3.63, 3.8) is 0 Å². The molecule has 0 unspecified atom stereocenters. The second-order valence-corrected chi connectivity index (χ2v) is 6.65. The van der Waals surface area contributed by atoms with Crippen LogP contribution in [0.1, 0.15) is 38.3 Å². The standard InChI is InChI=1S/C17H27N3O3/c1-3-16-8-18-17(23-16)11-20(13(2)21)15-4-6-19(10-15)9-14-5-7-22-12-14/h8,14-15H,3-7,9-12H2,1-2H3/t14-,15+/m0/s1. The number of carbonyl (C=O) groups is 1. The van der Waals surface area contributed by atoms with Gasteiger partial charge in [-0.3, -0.25) is 4.79 Å². The molecule has 0 aromatic carbocycles. The van der Waals surface area contributed by atoms with Crippen LogP contribution in [0.25, 0.3) is 0 Å². The van der Waals surface area contributed by atoms with Crippen LogP contribution in [-0.4, -0.2) is 59.6 Å². The van der Waals surface area contributed by atoms with Gasteiger partial charge in [0, 0.05) is 45.6 Å². The molecule has 0 bridgehead atoms. The number of nitrogens with zero attached hydrogens (tertiary/aromatic N) is 3. The summed E-state index contributed by atoms with van der Waals surface area (Å²) in [6.45, 7) is 9.00. The first-order valence-electron chi connectivity index (χ1n) is 8.66. The summed E-state index contributed by atoms with van der Waals surface area (Å²) < 4.78 is 11.1. The largest absolute Gasteiger partial charge is 0.444 e. The molecule has 0 N–H and O–H groups in total. The molecule has 2 aliphatic rings. The van der Waals surface area contributed by atoms with Crippen molar-refractivity contribution in [3.05, 3.63) is 17.8 Å². The van der Waals surface area contributed by atoms with Crippen LogP contribution < -0.4 is 0 Å². The zero-order valence-corrected chi connectivity index (χ0v) is 14.2. The van der Waals surface area contributed by atoms with Gasteiger partial charge in [0.25, 0.3) is 0 Å². The highest BCUT2D eigenvalue weighted by molar-refractivity contribution is 5.73. The van der Waals surface area contributed by atoms with Crippen LogP contribution in [-0.2, 0) is 22.5 Å². The maximum absolute atomic E-state index is 12.1. The predicted octanol–water partition coefficient (Wildman–Crippen LogP) is 1.70. The maximum atomic E-state index is 12.1. The Morgan fingerprint density at radius 2 is 2.35 bits per heavy atom. The summed E-state index contributed by atoms with van der Waals surface area (Å²) in [7, 11) is 0. The fourth-order valence-corrected chi connectivity index (χ4v) is 3.55. The minimum absolute atomic E-state index is 0.0947. The Hall–Kier alpha value is -1.40. The van der Waals surface area contributed by atoms with Crippen LogP contribution in [0.2, 0.25) is 0 Å². The summed E-state index contributed by atoms with van der Waals surface area (Å²) in [6, 6.07) is 0.256. The van der Waals surface area contributed by atoms with Crippen molar-refractivity contribution in [2.45, 2.75) is 45.7 Å². The van der Waals surface area contributed by atoms with E-state index in [4.69, 9.17) is 9.15 Å². The number of hydrogen-bond donors (Lipinski definition) is 0. The van der Waals surface area contributed by atoms with E-state index >= 15 is 0 Å². The Morgan fingerprint density at radius 1 is 1.48 bits per heavy atom. The third kappa shape index (κ3) is 4.12. The van der Waals surface area contributed by atoms with E-state index in [1.54, 1.807) is 13.1 Å². The fraction of sp³-hybridized carbons (Fsp3) is 0.765. The van der Waals surface area contributed by atoms with Crippen molar-refractivity contribution < 1.29 is 13.9 Å². The van der Waals surface area contributed by atoms with Crippen molar-refractivity contribution in [1.29, 1.82) is 0 Å². The first kappa shape index (κ1) is 16.5. The molecule has 2 saturated heterocycles. The van der Waals surface area contributed by atoms with E-state index in [0.29, 0.717) is 18.4 Å². The van der Waals surface area contributed by atoms with Gasteiger partial charge in [-0.1, -0.05) is 6.92 Å². The molecule has 23 heavy (non-hydrogen) atoms. The summed E-state index contributed by atoms with van der Waals surface area (Å²) >= 11 is 0. The zero-order chi connectivity index (χ0) is 16.2. The van der Waals surface area contributed by atoms with Crippen molar-refractivity contribution in [3.8, 4) is 0 Å². The van der Waals surface area contributed by atoms with Gasteiger partial charge >= 0.3 is 0 Å². The highest BCUT2D eigenvalue weighted by Crippen LogP contribution is 2.22. The second kappa shape index (κ2) is 7.45. The smallest absolute Gasteiger partial charge is 0.220 e. The van der Waals surface area contributed by atoms with Crippen molar-refractivity contribution in [2.24, 2.45) is 5.92 Å². The summed E-state index contributed by atoms with van der Waals surface area (Å²) in [4.78, 5) is 20.8. The van der Waals surface area contributed by atoms with E-state index < -0.39 is 0 Å². The van der Waals surface area contributed by atoms with Gasteiger partial charge in [0.1, 0.15) is 5.76 Å². The van der Waals surface area contributed by atoms with E-state index in [-0.39, 0.29) is 11.9 Å². The van der Waals surface area contributed by atoms with Crippen LogP contribution in [0.5, 0.6) is 0 Å². The summed E-state index contributed by atoms with van der Waals surface area (Å²) in [5.74, 6) is 2.26. The van der Waals surface area contributed by atoms with Crippen LogP contribution >= 0.6 is 0 Å². The number of aromatic nitrogens is 1. The Morgan fingerprint density at radius 3 is 3.00 bits per heavy atom. The SMILES string of the molecule is CCc1cnc(CN(C(C)=O)[C@@H]2CCN(C[C@@H]3CCOC3)C2)o1. The van der Waals surface area contributed by atoms with Gasteiger partial charge in [-0.2, -0.15) is 0 Å².